The van der Waals surface area contributed by atoms with Gasteiger partial charge in [-0.25, -0.2) is 9.78 Å². The summed E-state index contributed by atoms with van der Waals surface area (Å²) in [6.07, 6.45) is 3.50. The molecule has 50 heavy (non-hydrogen) atoms. The normalized spacial score (nSPS) is 19.7. The van der Waals surface area contributed by atoms with Crippen LogP contribution in [0, 0.1) is 17.2 Å². The van der Waals surface area contributed by atoms with Gasteiger partial charge < -0.3 is 39.5 Å². The number of ether oxygens (including phenoxy) is 4. The third-order valence-electron chi connectivity index (χ3n) is 9.87. The number of amidine groups is 1. The summed E-state index contributed by atoms with van der Waals surface area (Å²) in [5.74, 6) is 0.963. The molecule has 5 rings (SSSR count). The summed E-state index contributed by atoms with van der Waals surface area (Å²) in [7, 11) is 3.08. The van der Waals surface area contributed by atoms with Crippen LogP contribution in [0.4, 0.5) is 4.79 Å². The average Bonchev–Trinajstić information content (AvgIpc) is 3.48. The first-order valence-corrected chi connectivity index (χ1v) is 17.3. The molecule has 1 aliphatic carbocycles. The topological polar surface area (TPSA) is 171 Å². The molecular formula is C37H50N6O7. The minimum Gasteiger partial charge on any atom is -0.490 e. The summed E-state index contributed by atoms with van der Waals surface area (Å²) >= 11 is 0. The van der Waals surface area contributed by atoms with Gasteiger partial charge in [0.15, 0.2) is 0 Å². The second kappa shape index (κ2) is 15.0. The van der Waals surface area contributed by atoms with Crippen LogP contribution in [0.2, 0.25) is 0 Å². The van der Waals surface area contributed by atoms with E-state index in [1.54, 1.807) is 11.9 Å². The number of benzene rings is 2. The molecule has 2 amide bonds. The lowest BCUT2D eigenvalue weighted by molar-refractivity contribution is -0.147. The van der Waals surface area contributed by atoms with E-state index in [1.165, 1.54) is 7.11 Å². The van der Waals surface area contributed by atoms with Gasteiger partial charge in [-0.2, -0.15) is 0 Å². The van der Waals surface area contributed by atoms with Crippen molar-refractivity contribution in [2.45, 2.75) is 90.1 Å². The zero-order valence-corrected chi connectivity index (χ0v) is 29.9. The summed E-state index contributed by atoms with van der Waals surface area (Å²) in [5, 5.41) is 11.1. The Hall–Kier alpha value is -4.81. The minimum absolute atomic E-state index is 0.0243. The van der Waals surface area contributed by atoms with Gasteiger partial charge in [-0.05, 0) is 102 Å². The van der Waals surface area contributed by atoms with Crippen LogP contribution in [0.5, 0.6) is 11.5 Å². The first-order valence-electron chi connectivity index (χ1n) is 17.3. The first-order chi connectivity index (χ1) is 23.7. The highest BCUT2D eigenvalue weighted by molar-refractivity contribution is 5.99. The molecule has 1 aliphatic heterocycles. The Morgan fingerprint density at radius 1 is 0.960 bits per heavy atom. The highest BCUT2D eigenvalue weighted by Gasteiger charge is 2.46. The van der Waals surface area contributed by atoms with Gasteiger partial charge in [0.1, 0.15) is 47.0 Å². The number of nitrogens with two attached hydrogens (primary N) is 1. The molecule has 270 valence electrons. The summed E-state index contributed by atoms with van der Waals surface area (Å²) in [4.78, 5) is 44.7. The van der Waals surface area contributed by atoms with E-state index >= 15 is 0 Å². The van der Waals surface area contributed by atoms with Gasteiger partial charge in [-0.15, -0.1) is 0 Å². The number of nitrogens with zero attached hydrogens (tertiary/aromatic N) is 3. The predicted octanol–water partition coefficient (Wildman–Crippen LogP) is 5.12. The summed E-state index contributed by atoms with van der Waals surface area (Å²) in [5.41, 5.74) is 6.49. The number of imidazole rings is 1. The summed E-state index contributed by atoms with van der Waals surface area (Å²) in [6, 6.07) is 12.8. The van der Waals surface area contributed by atoms with Crippen molar-refractivity contribution in [1.82, 2.24) is 19.8 Å². The number of carbonyl (C=O) groups is 3. The third kappa shape index (κ3) is 7.97. The summed E-state index contributed by atoms with van der Waals surface area (Å²) in [6.45, 7) is 8.61. The van der Waals surface area contributed by atoms with Crippen LogP contribution in [0.1, 0.15) is 77.6 Å². The zero-order chi connectivity index (χ0) is 36.2. The Labute approximate surface area is 293 Å². The van der Waals surface area contributed by atoms with Crippen molar-refractivity contribution in [2.24, 2.45) is 17.6 Å². The van der Waals surface area contributed by atoms with E-state index in [4.69, 9.17) is 35.1 Å². The number of fused-ring (bicyclic) bond motifs is 1. The number of aromatic nitrogens is 2. The van der Waals surface area contributed by atoms with Gasteiger partial charge in [-0.3, -0.25) is 15.0 Å². The molecule has 2 aliphatic rings. The Bertz CT molecular complexity index is 1700. The lowest BCUT2D eigenvalue weighted by Gasteiger charge is -2.41. The number of hydrogen-bond donors (Lipinski definition) is 3. The van der Waals surface area contributed by atoms with E-state index < -0.39 is 17.0 Å². The highest BCUT2D eigenvalue weighted by atomic mass is 16.6. The lowest BCUT2D eigenvalue weighted by Crippen LogP contribution is -2.51. The van der Waals surface area contributed by atoms with Crippen LogP contribution in [0.3, 0.4) is 0 Å². The SMILES string of the molecule is CNC(=N)c1ccc2c(c1)nc(COc1ccc(OC3CCN(C(=O)OC(C)(C)C)CC3)cc1)n2C(C)(C(N)=O)C1CCC(C(=O)OC)CC1. The lowest BCUT2D eigenvalue weighted by atomic mass is 9.71. The minimum atomic E-state index is -1.16. The van der Waals surface area contributed by atoms with Gasteiger partial charge >= 0.3 is 12.1 Å². The van der Waals surface area contributed by atoms with Gasteiger partial charge in [0.05, 0.1) is 24.1 Å². The zero-order valence-electron chi connectivity index (χ0n) is 29.9. The Morgan fingerprint density at radius 3 is 2.18 bits per heavy atom. The molecular weight excluding hydrogens is 640 g/mol. The van der Waals surface area contributed by atoms with Crippen molar-refractivity contribution >= 4 is 34.8 Å². The number of hydrogen-bond acceptors (Lipinski definition) is 9. The van der Waals surface area contributed by atoms with Crippen LogP contribution >= 0.6 is 0 Å². The molecule has 1 atom stereocenters. The molecule has 2 aromatic carbocycles. The van der Waals surface area contributed by atoms with Crippen molar-refractivity contribution in [3.63, 3.8) is 0 Å². The van der Waals surface area contributed by atoms with Crippen LogP contribution in [0.25, 0.3) is 11.0 Å². The van der Waals surface area contributed by atoms with Gasteiger partial charge in [0.25, 0.3) is 0 Å². The third-order valence-corrected chi connectivity index (χ3v) is 9.87. The number of esters is 1. The molecule has 2 heterocycles. The Kier molecular flexibility index (Phi) is 10.9. The maximum Gasteiger partial charge on any atom is 0.410 e. The van der Waals surface area contributed by atoms with Gasteiger partial charge in [-0.1, -0.05) is 0 Å². The fourth-order valence-electron chi connectivity index (χ4n) is 7.03. The number of rotatable bonds is 10. The van der Waals surface area contributed by atoms with Crippen molar-refractivity contribution in [3.05, 3.63) is 53.9 Å². The van der Waals surface area contributed by atoms with Crippen molar-refractivity contribution in [3.8, 4) is 11.5 Å². The molecule has 0 radical (unpaired) electrons. The Balaban J connectivity index is 1.32. The van der Waals surface area contributed by atoms with Gasteiger partial charge in [0, 0.05) is 38.5 Å². The standard InChI is InChI=1S/C37H50N6O7/c1-36(2,3)50-35(46)42-19-17-28(18-20-42)49-27-14-12-26(13-15-27)48-22-31-41-29-21-24(32(38)40-5)9-16-30(29)43(31)37(4,34(39)45)25-10-7-23(8-11-25)33(44)47-6/h9,12-16,21,23,25,28H,7-8,10-11,17-20,22H2,1-6H3,(H2,38,40)(H2,39,45). The van der Waals surface area contributed by atoms with E-state index in [0.29, 0.717) is 85.5 Å². The molecule has 4 N–H and O–H groups in total. The van der Waals surface area contributed by atoms with Crippen LogP contribution in [0.15, 0.2) is 42.5 Å². The van der Waals surface area contributed by atoms with E-state index in [0.717, 1.165) is 0 Å². The second-order valence-corrected chi connectivity index (χ2v) is 14.3. The number of carbonyl (C=O) groups excluding carboxylic acids is 3. The van der Waals surface area contributed by atoms with Crippen LogP contribution in [-0.2, 0) is 31.2 Å². The van der Waals surface area contributed by atoms with Crippen molar-refractivity contribution < 1.29 is 33.3 Å². The van der Waals surface area contributed by atoms with Crippen molar-refractivity contribution in [1.29, 1.82) is 5.41 Å². The molecule has 13 heteroatoms. The molecule has 0 bridgehead atoms. The maximum absolute atomic E-state index is 13.4. The average molecular weight is 691 g/mol. The number of nitrogens with one attached hydrogen (secondary N) is 2. The van der Waals surface area contributed by atoms with E-state index in [-0.39, 0.29) is 42.4 Å². The van der Waals surface area contributed by atoms with Crippen molar-refractivity contribution in [2.75, 3.05) is 27.2 Å². The molecule has 0 spiro atoms. The predicted molar refractivity (Wildman–Crippen MR) is 188 cm³/mol. The number of methoxy groups -OCH3 is 1. The van der Waals surface area contributed by atoms with E-state index in [2.05, 4.69) is 5.32 Å². The monoisotopic (exact) mass is 690 g/mol. The van der Waals surface area contributed by atoms with E-state index in [1.807, 2.05) is 74.7 Å². The number of primary amides is 1. The van der Waals surface area contributed by atoms with Gasteiger partial charge in [0.2, 0.25) is 5.91 Å². The molecule has 3 aromatic rings. The number of likely N-dealkylation sites (tertiary alicyclic amines) is 1. The summed E-state index contributed by atoms with van der Waals surface area (Å²) < 4.78 is 24.8. The molecule has 2 fully saturated rings. The number of piperidine rings is 1. The number of amides is 2. The molecule has 13 nitrogen and oxygen atoms in total. The van der Waals surface area contributed by atoms with E-state index in [9.17, 15) is 14.4 Å². The van der Waals surface area contributed by atoms with Crippen LogP contribution in [-0.4, -0.2) is 77.2 Å². The fourth-order valence-corrected chi connectivity index (χ4v) is 7.03. The molecule has 1 unspecified atom stereocenters. The molecule has 1 aromatic heterocycles. The smallest absolute Gasteiger partial charge is 0.410 e. The Morgan fingerprint density at radius 2 is 1.60 bits per heavy atom. The quantitative estimate of drug-likeness (QED) is 0.148. The maximum atomic E-state index is 13.4. The first kappa shape index (κ1) is 36.5. The largest absolute Gasteiger partial charge is 0.490 e. The van der Waals surface area contributed by atoms with Crippen LogP contribution < -0.4 is 20.5 Å². The highest BCUT2D eigenvalue weighted by Crippen LogP contribution is 2.42. The molecule has 1 saturated heterocycles. The second-order valence-electron chi connectivity index (χ2n) is 14.3. The fraction of sp³-hybridized carbons (Fsp3) is 0.541. The molecule has 1 saturated carbocycles.